The van der Waals surface area contributed by atoms with Gasteiger partial charge in [0.2, 0.25) is 0 Å². The summed E-state index contributed by atoms with van der Waals surface area (Å²) < 4.78 is 1.87. The molecule has 1 N–H and O–H groups in total. The van der Waals surface area contributed by atoms with Crippen molar-refractivity contribution in [3.63, 3.8) is 0 Å². The molecule has 0 amide bonds. The fraction of sp³-hybridized carbons (Fsp3) is 0.727. The van der Waals surface area contributed by atoms with E-state index < -0.39 is 0 Å². The average molecular weight is 230 g/mol. The monoisotopic (exact) mass is 229 g/mol. The Bertz CT molecular complexity index is 277. The second-order valence-corrected chi connectivity index (χ2v) is 4.16. The van der Waals surface area contributed by atoms with Crippen LogP contribution in [0.15, 0.2) is 6.20 Å². The molecule has 1 atom stereocenters. The molecule has 0 spiro atoms. The molecule has 15 heavy (non-hydrogen) atoms. The lowest BCUT2D eigenvalue weighted by molar-refractivity contribution is 0.464. The molecule has 1 unspecified atom stereocenters. The van der Waals surface area contributed by atoms with Crippen LogP contribution in [0.2, 0.25) is 5.02 Å². The minimum Gasteiger partial charge on any atom is -0.309 e. The van der Waals surface area contributed by atoms with E-state index in [-0.39, 0.29) is 0 Å². The zero-order valence-corrected chi connectivity index (χ0v) is 10.5. The molecule has 86 valence electrons. The highest BCUT2D eigenvalue weighted by Crippen LogP contribution is 2.25. The highest BCUT2D eigenvalue weighted by atomic mass is 35.5. The van der Waals surface area contributed by atoms with Gasteiger partial charge in [0, 0.05) is 7.05 Å². The number of halogens is 1. The van der Waals surface area contributed by atoms with Crippen LogP contribution in [0.4, 0.5) is 0 Å². The summed E-state index contributed by atoms with van der Waals surface area (Å²) in [6.07, 6.45) is 5.24. The molecule has 3 nitrogen and oxygen atoms in total. The molecule has 1 aromatic heterocycles. The lowest BCUT2D eigenvalue weighted by atomic mass is 10.1. The van der Waals surface area contributed by atoms with E-state index in [0.717, 1.165) is 23.7 Å². The predicted molar refractivity (Wildman–Crippen MR) is 64.2 cm³/mol. The molecular weight excluding hydrogens is 210 g/mol. The van der Waals surface area contributed by atoms with Crippen molar-refractivity contribution in [3.8, 4) is 0 Å². The predicted octanol–water partition coefficient (Wildman–Crippen LogP) is 2.91. The third-order valence-corrected chi connectivity index (χ3v) is 2.86. The van der Waals surface area contributed by atoms with Gasteiger partial charge >= 0.3 is 0 Å². The molecule has 1 aromatic rings. The molecule has 0 aliphatic carbocycles. The molecule has 0 fully saturated rings. The SMILES string of the molecule is CCCCC(NCC)c1c(Cl)cnn1C. The van der Waals surface area contributed by atoms with Crippen molar-refractivity contribution in [1.29, 1.82) is 0 Å². The molecule has 0 aliphatic rings. The van der Waals surface area contributed by atoms with E-state index in [9.17, 15) is 0 Å². The minimum absolute atomic E-state index is 0.329. The van der Waals surface area contributed by atoms with Crippen molar-refractivity contribution in [2.24, 2.45) is 7.05 Å². The fourth-order valence-electron chi connectivity index (χ4n) is 1.80. The number of nitrogens with zero attached hydrogens (tertiary/aromatic N) is 2. The van der Waals surface area contributed by atoms with Crippen molar-refractivity contribution in [2.75, 3.05) is 6.54 Å². The molecule has 1 heterocycles. The number of unbranched alkanes of at least 4 members (excludes halogenated alkanes) is 1. The van der Waals surface area contributed by atoms with Crippen LogP contribution >= 0.6 is 11.6 Å². The summed E-state index contributed by atoms with van der Waals surface area (Å²) in [6, 6.07) is 0.329. The maximum atomic E-state index is 6.13. The zero-order chi connectivity index (χ0) is 11.3. The molecule has 4 heteroatoms. The number of rotatable bonds is 6. The maximum Gasteiger partial charge on any atom is 0.0833 e. The molecule has 0 saturated heterocycles. The molecule has 0 aromatic carbocycles. The second kappa shape index (κ2) is 6.13. The third kappa shape index (κ3) is 3.21. The highest BCUT2D eigenvalue weighted by molar-refractivity contribution is 6.31. The normalized spacial score (nSPS) is 13.1. The van der Waals surface area contributed by atoms with Gasteiger partial charge in [0.25, 0.3) is 0 Å². The van der Waals surface area contributed by atoms with Crippen molar-refractivity contribution >= 4 is 11.6 Å². The highest BCUT2D eigenvalue weighted by Gasteiger charge is 2.17. The summed E-state index contributed by atoms with van der Waals surface area (Å²) in [5, 5.41) is 8.39. The molecule has 0 saturated carbocycles. The van der Waals surface area contributed by atoms with E-state index in [1.807, 2.05) is 11.7 Å². The lowest BCUT2D eigenvalue weighted by Crippen LogP contribution is -2.23. The Labute approximate surface area is 96.8 Å². The molecule has 0 radical (unpaired) electrons. The van der Waals surface area contributed by atoms with Gasteiger partial charge in [0.15, 0.2) is 0 Å². The van der Waals surface area contributed by atoms with Gasteiger partial charge in [-0.15, -0.1) is 0 Å². The van der Waals surface area contributed by atoms with Crippen LogP contribution in [-0.4, -0.2) is 16.3 Å². The number of hydrogen-bond acceptors (Lipinski definition) is 2. The largest absolute Gasteiger partial charge is 0.309 e. The van der Waals surface area contributed by atoms with Gasteiger partial charge in [-0.3, -0.25) is 4.68 Å². The van der Waals surface area contributed by atoms with E-state index in [2.05, 4.69) is 24.3 Å². The number of hydrogen-bond donors (Lipinski definition) is 1. The smallest absolute Gasteiger partial charge is 0.0833 e. The minimum atomic E-state index is 0.329. The first-order valence-electron chi connectivity index (χ1n) is 5.61. The molecular formula is C11H20ClN3. The molecule has 1 rings (SSSR count). The second-order valence-electron chi connectivity index (χ2n) is 3.75. The van der Waals surface area contributed by atoms with Gasteiger partial charge < -0.3 is 5.32 Å². The first kappa shape index (κ1) is 12.5. The Balaban J connectivity index is 2.78. The lowest BCUT2D eigenvalue weighted by Gasteiger charge is -2.18. The molecule has 0 bridgehead atoms. The van der Waals surface area contributed by atoms with E-state index >= 15 is 0 Å². The summed E-state index contributed by atoms with van der Waals surface area (Å²) in [6.45, 7) is 5.27. The first-order chi connectivity index (χ1) is 7.20. The summed E-state index contributed by atoms with van der Waals surface area (Å²) in [7, 11) is 1.94. The van der Waals surface area contributed by atoms with Crippen LogP contribution in [0.25, 0.3) is 0 Å². The van der Waals surface area contributed by atoms with Crippen molar-refractivity contribution < 1.29 is 0 Å². The summed E-state index contributed by atoms with van der Waals surface area (Å²) in [5.41, 5.74) is 1.10. The van der Waals surface area contributed by atoms with Gasteiger partial charge in [-0.1, -0.05) is 38.3 Å². The van der Waals surface area contributed by atoms with Crippen LogP contribution in [0.3, 0.4) is 0 Å². The Morgan fingerprint density at radius 1 is 1.53 bits per heavy atom. The standard InChI is InChI=1S/C11H20ClN3/c1-4-6-7-10(13-5-2)11-9(12)8-14-15(11)3/h8,10,13H,4-7H2,1-3H3. The summed E-state index contributed by atoms with van der Waals surface area (Å²) in [5.74, 6) is 0. The number of nitrogens with one attached hydrogen (secondary N) is 1. The Morgan fingerprint density at radius 3 is 2.73 bits per heavy atom. The van der Waals surface area contributed by atoms with E-state index in [4.69, 9.17) is 11.6 Å². The number of aromatic nitrogens is 2. The van der Waals surface area contributed by atoms with Crippen LogP contribution in [0, 0.1) is 0 Å². The Hall–Kier alpha value is -0.540. The van der Waals surface area contributed by atoms with Crippen molar-refractivity contribution in [1.82, 2.24) is 15.1 Å². The van der Waals surface area contributed by atoms with Gasteiger partial charge in [0.05, 0.1) is 23.0 Å². The summed E-state index contributed by atoms with van der Waals surface area (Å²) >= 11 is 6.13. The zero-order valence-electron chi connectivity index (χ0n) is 9.76. The first-order valence-corrected chi connectivity index (χ1v) is 5.99. The van der Waals surface area contributed by atoms with Gasteiger partial charge in [-0.25, -0.2) is 0 Å². The quantitative estimate of drug-likeness (QED) is 0.813. The van der Waals surface area contributed by atoms with Crippen molar-refractivity contribution in [2.45, 2.75) is 39.2 Å². The Kier molecular flexibility index (Phi) is 5.12. The van der Waals surface area contributed by atoms with Crippen LogP contribution in [-0.2, 0) is 7.05 Å². The average Bonchev–Trinajstić information content (AvgIpc) is 2.54. The van der Waals surface area contributed by atoms with Gasteiger partial charge in [-0.2, -0.15) is 5.10 Å². The van der Waals surface area contributed by atoms with Gasteiger partial charge in [0.1, 0.15) is 0 Å². The van der Waals surface area contributed by atoms with Crippen LogP contribution < -0.4 is 5.32 Å². The van der Waals surface area contributed by atoms with Crippen LogP contribution in [0.1, 0.15) is 44.8 Å². The maximum absolute atomic E-state index is 6.13. The topological polar surface area (TPSA) is 29.9 Å². The van der Waals surface area contributed by atoms with Crippen LogP contribution in [0.5, 0.6) is 0 Å². The van der Waals surface area contributed by atoms with E-state index in [1.54, 1.807) is 6.20 Å². The fourth-order valence-corrected chi connectivity index (χ4v) is 2.10. The Morgan fingerprint density at radius 2 is 2.27 bits per heavy atom. The van der Waals surface area contributed by atoms with Crippen molar-refractivity contribution in [3.05, 3.63) is 16.9 Å². The van der Waals surface area contributed by atoms with Gasteiger partial charge in [-0.05, 0) is 13.0 Å². The van der Waals surface area contributed by atoms with E-state index in [0.29, 0.717) is 6.04 Å². The number of aryl methyl sites for hydroxylation is 1. The summed E-state index contributed by atoms with van der Waals surface area (Å²) in [4.78, 5) is 0. The third-order valence-electron chi connectivity index (χ3n) is 2.56. The van der Waals surface area contributed by atoms with E-state index in [1.165, 1.54) is 12.8 Å². The molecule has 0 aliphatic heterocycles.